The van der Waals surface area contributed by atoms with Crippen LogP contribution in [0.2, 0.25) is 0 Å². The van der Waals surface area contributed by atoms with Crippen LogP contribution in [-0.2, 0) is 0 Å². The minimum Gasteiger partial charge on any atom is -0.198 e. The summed E-state index contributed by atoms with van der Waals surface area (Å²) < 4.78 is 13.2. The third-order valence-corrected chi connectivity index (χ3v) is 24.8. The van der Waals surface area contributed by atoms with E-state index in [0.29, 0.717) is 12.8 Å². The quantitative estimate of drug-likeness (QED) is 0.0877. The summed E-state index contributed by atoms with van der Waals surface area (Å²) in [5.41, 5.74) is 0. The van der Waals surface area contributed by atoms with Crippen LogP contribution >= 0.6 is 190 Å². The second-order valence-electron chi connectivity index (χ2n) is 7.97. The highest BCUT2D eigenvalue weighted by Crippen LogP contribution is 2.62. The Bertz CT molecular complexity index is 1310. The van der Waals surface area contributed by atoms with Crippen molar-refractivity contribution in [2.45, 2.75) is 12.8 Å². The molecule has 240 valence electrons. The summed E-state index contributed by atoms with van der Waals surface area (Å²) in [6.07, 6.45) is 14.4. The first-order valence-electron chi connectivity index (χ1n) is 12.8. The normalized spacial score (nSPS) is 20.5. The van der Waals surface area contributed by atoms with Gasteiger partial charge in [0, 0.05) is 55.0 Å². The average molecular weight is 892 g/mol. The van der Waals surface area contributed by atoms with Crippen LogP contribution in [-0.4, -0.2) is 40.6 Å². The number of nitriles is 2. The first-order chi connectivity index (χ1) is 22.0. The molecule has 0 amide bonds. The Kier molecular flexibility index (Phi) is 20.1. The highest BCUT2D eigenvalue weighted by Gasteiger charge is 2.26. The fraction of sp³-hybridized carbons (Fsp3) is 0.333. The van der Waals surface area contributed by atoms with Gasteiger partial charge in [-0.05, 0) is 36.8 Å². The number of allylic oxidation sites excluding steroid dienone is 4. The van der Waals surface area contributed by atoms with Crippen LogP contribution in [0.4, 0.5) is 0 Å². The van der Waals surface area contributed by atoms with Gasteiger partial charge < -0.3 is 0 Å². The summed E-state index contributed by atoms with van der Waals surface area (Å²) in [5.74, 6) is 3.12. The van der Waals surface area contributed by atoms with Gasteiger partial charge in [0.1, 0.15) is 0 Å². The maximum atomic E-state index is 9.10. The van der Waals surface area contributed by atoms with Gasteiger partial charge in [-0.3, -0.25) is 0 Å². The molecule has 0 saturated heterocycles. The SMILES string of the molecule is CSC1=C(SC)SC(=CC=C2SC(SCCC#N)=C(SCSC3=C(SCCC#N)SC(=CC=C4SC(CS)=C(CS)S4)S3)S2)S1. The van der Waals surface area contributed by atoms with E-state index in [2.05, 4.69) is 74.2 Å². The van der Waals surface area contributed by atoms with E-state index < -0.39 is 0 Å². The molecule has 18 heteroatoms. The van der Waals surface area contributed by atoms with Crippen molar-refractivity contribution >= 4 is 190 Å². The van der Waals surface area contributed by atoms with Crippen molar-refractivity contribution in [1.82, 2.24) is 0 Å². The third-order valence-electron chi connectivity index (χ3n) is 5.06. The molecule has 0 spiro atoms. The van der Waals surface area contributed by atoms with E-state index in [0.717, 1.165) is 28.1 Å². The van der Waals surface area contributed by atoms with Gasteiger partial charge in [0.2, 0.25) is 0 Å². The Hall–Kier alpha value is 2.50. The van der Waals surface area contributed by atoms with E-state index in [9.17, 15) is 0 Å². The maximum absolute atomic E-state index is 9.10. The van der Waals surface area contributed by atoms with Gasteiger partial charge in [-0.1, -0.05) is 94.1 Å². The predicted molar refractivity (Wildman–Crippen MR) is 241 cm³/mol. The molecular formula is C27H26N2S16. The maximum Gasteiger partial charge on any atom is 0.0668 e. The molecule has 2 nitrogen and oxygen atoms in total. The fourth-order valence-electron chi connectivity index (χ4n) is 3.14. The number of thiol groups is 2. The average Bonchev–Trinajstić information content (AvgIpc) is 3.84. The Labute approximate surface area is 338 Å². The molecule has 0 aromatic heterocycles. The first kappa shape index (κ1) is 40.3. The van der Waals surface area contributed by atoms with Gasteiger partial charge in [0.05, 0.1) is 50.3 Å². The summed E-state index contributed by atoms with van der Waals surface area (Å²) >= 11 is 34.7. The lowest BCUT2D eigenvalue weighted by Crippen LogP contribution is -1.80. The summed E-state index contributed by atoms with van der Waals surface area (Å²) in [7, 11) is 0. The van der Waals surface area contributed by atoms with E-state index in [1.165, 1.54) is 52.2 Å². The van der Waals surface area contributed by atoms with E-state index in [4.69, 9.17) is 10.5 Å². The van der Waals surface area contributed by atoms with Crippen molar-refractivity contribution in [2.24, 2.45) is 0 Å². The number of rotatable bonds is 16. The highest BCUT2D eigenvalue weighted by molar-refractivity contribution is 8.44. The zero-order valence-electron chi connectivity index (χ0n) is 23.8. The molecule has 0 radical (unpaired) electrons. The number of thioether (sulfide) groups is 14. The summed E-state index contributed by atoms with van der Waals surface area (Å²) in [4.78, 5) is 2.60. The minimum absolute atomic E-state index is 0.548. The van der Waals surface area contributed by atoms with E-state index in [1.807, 2.05) is 118 Å². The monoisotopic (exact) mass is 890 g/mol. The van der Waals surface area contributed by atoms with E-state index in [1.54, 1.807) is 47.0 Å². The van der Waals surface area contributed by atoms with Crippen molar-refractivity contribution in [3.05, 3.63) is 76.5 Å². The molecule has 4 aliphatic heterocycles. The molecule has 0 aromatic carbocycles. The highest BCUT2D eigenvalue weighted by atomic mass is 32.3. The summed E-state index contributed by atoms with van der Waals surface area (Å²) in [6, 6.07) is 4.56. The zero-order chi connectivity index (χ0) is 32.0. The van der Waals surface area contributed by atoms with Crippen LogP contribution < -0.4 is 0 Å². The zero-order valence-corrected chi connectivity index (χ0v) is 37.0. The molecular weight excluding hydrogens is 865 g/mol. The molecule has 4 rings (SSSR count). The molecule has 4 aliphatic rings. The molecule has 0 saturated carbocycles. The summed E-state index contributed by atoms with van der Waals surface area (Å²) in [6.45, 7) is 0. The second kappa shape index (κ2) is 22.4. The van der Waals surface area contributed by atoms with Gasteiger partial charge in [0.15, 0.2) is 0 Å². The molecule has 0 atom stereocenters. The third kappa shape index (κ3) is 12.9. The Morgan fingerprint density at radius 2 is 0.867 bits per heavy atom. The van der Waals surface area contributed by atoms with Crippen LogP contribution in [0.15, 0.2) is 76.5 Å². The largest absolute Gasteiger partial charge is 0.198 e. The Balaban J connectivity index is 1.38. The molecule has 0 unspecified atom stereocenters. The molecule has 0 bridgehead atoms. The second-order valence-corrected chi connectivity index (χ2v) is 26.0. The van der Waals surface area contributed by atoms with Gasteiger partial charge in [-0.25, -0.2) is 0 Å². The van der Waals surface area contributed by atoms with Crippen molar-refractivity contribution in [3.63, 3.8) is 0 Å². The van der Waals surface area contributed by atoms with Crippen LogP contribution in [0.3, 0.4) is 0 Å². The minimum atomic E-state index is 0.548. The van der Waals surface area contributed by atoms with Gasteiger partial charge in [-0.15, -0.1) is 70.6 Å². The Morgan fingerprint density at radius 3 is 1.20 bits per heavy atom. The molecule has 0 aromatic rings. The standard InChI is InChI=1S/C27H26N2S16/c1-32-22-23(33-2)41-19(40-22)7-8-21-43-25(35-12-4-10-29)27(45-21)37-15-36-26-24(34-11-3-9-28)42-20(44-26)6-5-18-38-16(13-30)17(14-31)39-18/h5-8,30-31H,3-4,11-15H2,1-2H3. The van der Waals surface area contributed by atoms with Crippen molar-refractivity contribution in [2.75, 3.05) is 40.6 Å². The fourth-order valence-corrected chi connectivity index (χ4v) is 22.9. The van der Waals surface area contributed by atoms with Crippen molar-refractivity contribution in [3.8, 4) is 12.1 Å². The van der Waals surface area contributed by atoms with E-state index >= 15 is 0 Å². The molecule has 0 aliphatic carbocycles. The summed E-state index contributed by atoms with van der Waals surface area (Å²) in [5, 5.41) is 19.1. The van der Waals surface area contributed by atoms with Gasteiger partial charge >= 0.3 is 0 Å². The Morgan fingerprint density at radius 1 is 0.533 bits per heavy atom. The van der Waals surface area contributed by atoms with Crippen LogP contribution in [0.5, 0.6) is 0 Å². The lowest BCUT2D eigenvalue weighted by Gasteiger charge is -2.06. The van der Waals surface area contributed by atoms with Crippen LogP contribution in [0.25, 0.3) is 0 Å². The number of nitrogens with zero attached hydrogens (tertiary/aromatic N) is 2. The first-order valence-corrected chi connectivity index (χ1v) is 27.0. The topological polar surface area (TPSA) is 47.6 Å². The van der Waals surface area contributed by atoms with Crippen molar-refractivity contribution < 1.29 is 0 Å². The van der Waals surface area contributed by atoms with Gasteiger partial charge in [-0.2, -0.15) is 35.8 Å². The van der Waals surface area contributed by atoms with E-state index in [-0.39, 0.29) is 0 Å². The molecule has 0 fully saturated rings. The number of hydrogen-bond donors (Lipinski definition) is 2. The number of hydrogen-bond acceptors (Lipinski definition) is 18. The van der Waals surface area contributed by atoms with Gasteiger partial charge in [0.25, 0.3) is 0 Å². The molecule has 45 heavy (non-hydrogen) atoms. The van der Waals surface area contributed by atoms with Crippen LogP contribution in [0, 0.1) is 22.7 Å². The smallest absolute Gasteiger partial charge is 0.0668 e. The van der Waals surface area contributed by atoms with Crippen LogP contribution in [0.1, 0.15) is 12.8 Å². The predicted octanol–water partition coefficient (Wildman–Crippen LogP) is 14.2. The lowest BCUT2D eigenvalue weighted by molar-refractivity contribution is 1.24. The lowest BCUT2D eigenvalue weighted by atomic mass is 10.6. The molecule has 0 N–H and O–H groups in total. The molecule has 4 heterocycles. The van der Waals surface area contributed by atoms with Crippen molar-refractivity contribution in [1.29, 1.82) is 10.5 Å².